The van der Waals surface area contributed by atoms with Crippen molar-refractivity contribution >= 4 is 50.5 Å². The molecule has 0 aromatic heterocycles. The van der Waals surface area contributed by atoms with Crippen LogP contribution in [0.3, 0.4) is 0 Å². The van der Waals surface area contributed by atoms with Gasteiger partial charge in [0.2, 0.25) is 0 Å². The van der Waals surface area contributed by atoms with E-state index in [2.05, 4.69) is 25.5 Å². The maximum Gasteiger partial charge on any atom is 0.494 e. The summed E-state index contributed by atoms with van der Waals surface area (Å²) < 4.78 is 94.9. The van der Waals surface area contributed by atoms with Gasteiger partial charge in [0.1, 0.15) is 5.78 Å². The first-order valence-electron chi connectivity index (χ1n) is 23.9. The minimum absolute atomic E-state index is 0.0534. The van der Waals surface area contributed by atoms with Gasteiger partial charge >= 0.3 is 7.12 Å². The maximum absolute atomic E-state index is 13.9. The molecule has 0 spiro atoms. The summed E-state index contributed by atoms with van der Waals surface area (Å²) in [5.74, 6) is -2.37. The van der Waals surface area contributed by atoms with Gasteiger partial charge in [0.05, 0.1) is 29.3 Å². The van der Waals surface area contributed by atoms with E-state index in [9.17, 15) is 23.4 Å². The van der Waals surface area contributed by atoms with Gasteiger partial charge in [-0.1, -0.05) is 77.8 Å². The van der Waals surface area contributed by atoms with E-state index in [1.54, 1.807) is 42.5 Å². The third-order valence-electron chi connectivity index (χ3n) is 15.5. The van der Waals surface area contributed by atoms with Gasteiger partial charge in [-0.05, 0) is 121 Å². The average Bonchev–Trinajstić information content (AvgIpc) is 3.79. The second-order valence-electron chi connectivity index (χ2n) is 18.9. The van der Waals surface area contributed by atoms with Crippen LogP contribution in [0.1, 0.15) is 94.6 Å². The van der Waals surface area contributed by atoms with Crippen molar-refractivity contribution in [2.45, 2.75) is 116 Å². The minimum Gasteiger partial charge on any atom is -0.402 e. The molecule has 0 bridgehead atoms. The zero-order valence-electron chi connectivity index (χ0n) is 40.0. The second kappa shape index (κ2) is 14.9. The second-order valence-corrected chi connectivity index (χ2v) is 20.5. The highest BCUT2D eigenvalue weighted by atomic mass is 32.2. The van der Waals surface area contributed by atoms with Crippen LogP contribution < -0.4 is 15.1 Å². The first kappa shape index (κ1) is 33.8. The Morgan fingerprint density at radius 2 is 1.60 bits per heavy atom. The van der Waals surface area contributed by atoms with Crippen molar-refractivity contribution in [3.05, 3.63) is 60.7 Å². The van der Waals surface area contributed by atoms with Gasteiger partial charge in [0.15, 0.2) is 0 Å². The molecule has 9 nitrogen and oxygen atoms in total. The predicted molar refractivity (Wildman–Crippen MR) is 227 cm³/mol. The standard InChI is InChI=1S/C46H63BN2O7S/c1-26(2)27(3)43-44(28(4)34-19-20-35-33-23-39(50)37-24-40(51)41(52)25-46(37,6)36(33)21-22-45(34,35)5)56-47(55-43)29-15-17-30(18-16-29)48-57(53,54)42-14-10-11-31-32(42)12-9-13-38(31)49(7)8/h9-18,26-28,33-37,40-41,43-44,48,51-52H,19-25H2,1-8H3/t27-,28-,33-,34+,35-,36-,37+,40-,41+,43+,44+,45+,46+/m0/s1/i1D3,3D3/t26?,27-,28-,33-,34+,35-,36-,37+,40-,41+,43+,44+,45+,46+. The number of hydrogen-bond acceptors (Lipinski definition) is 8. The number of aliphatic hydroxyl groups excluding tert-OH is 2. The number of benzene rings is 3. The van der Waals surface area contributed by atoms with Crippen LogP contribution >= 0.6 is 0 Å². The van der Waals surface area contributed by atoms with Crippen LogP contribution in [0.25, 0.3) is 10.8 Å². The number of rotatable bonds is 9. The fourth-order valence-electron chi connectivity index (χ4n) is 12.6. The molecule has 4 aliphatic carbocycles. The lowest BCUT2D eigenvalue weighted by Gasteiger charge is -2.61. The van der Waals surface area contributed by atoms with Gasteiger partial charge in [-0.15, -0.1) is 0 Å². The van der Waals surface area contributed by atoms with E-state index in [0.717, 1.165) is 36.8 Å². The van der Waals surface area contributed by atoms with Crippen LogP contribution in [0.4, 0.5) is 11.4 Å². The van der Waals surface area contributed by atoms with E-state index in [-0.39, 0.29) is 51.6 Å². The van der Waals surface area contributed by atoms with Gasteiger partial charge < -0.3 is 24.4 Å². The van der Waals surface area contributed by atoms with Crippen molar-refractivity contribution in [1.82, 2.24) is 0 Å². The van der Waals surface area contributed by atoms with Gasteiger partial charge in [0.25, 0.3) is 10.0 Å². The highest BCUT2D eigenvalue weighted by molar-refractivity contribution is 7.93. The Labute approximate surface area is 348 Å². The van der Waals surface area contributed by atoms with E-state index in [1.807, 2.05) is 37.2 Å². The fourth-order valence-corrected chi connectivity index (χ4v) is 13.9. The highest BCUT2D eigenvalue weighted by Gasteiger charge is 2.64. The molecule has 8 rings (SSSR count). The highest BCUT2D eigenvalue weighted by Crippen LogP contribution is 2.68. The molecule has 0 amide bonds. The van der Waals surface area contributed by atoms with Crippen LogP contribution in [0, 0.1) is 58.2 Å². The molecule has 14 atom stereocenters. The molecule has 3 aromatic rings. The zero-order chi connectivity index (χ0) is 45.8. The molecule has 308 valence electrons. The number of ketones is 1. The average molecular weight is 805 g/mol. The fraction of sp³-hybridized carbons (Fsp3) is 0.630. The number of Topliss-reactive ketones (excluding diaryl/α,β-unsaturated/α-hetero) is 1. The molecular formula is C46H63BN2O7S. The van der Waals surface area contributed by atoms with Crippen LogP contribution in [0.5, 0.6) is 0 Å². The lowest BCUT2D eigenvalue weighted by molar-refractivity contribution is -0.174. The number of hydrogen-bond donors (Lipinski definition) is 3. The summed E-state index contributed by atoms with van der Waals surface area (Å²) in [6.45, 7) is 2.68. The molecule has 11 heteroatoms. The Bertz CT molecular complexity index is 2320. The molecule has 1 heterocycles. The number of aliphatic hydroxyl groups is 2. The zero-order valence-corrected chi connectivity index (χ0v) is 34.8. The summed E-state index contributed by atoms with van der Waals surface area (Å²) in [4.78, 5) is 15.9. The largest absolute Gasteiger partial charge is 0.494 e. The SMILES string of the molecule is [2H]C([2H])([2H])C(C)[C@@H]([C@H]1OB(c2ccc(NS(=O)(=O)c3cccc4c(N(C)C)cccc34)cc2)O[C@@H]1[C@@H](C)[C@H]1CC[C@H]2[C@@H]3CC(=O)[C@H]4C[C@H](O)[C@H](O)C[C@]4(C)[C@H]3CC[C@]12C)C([2H])([2H])[2H]. The smallest absolute Gasteiger partial charge is 0.402 e. The third-order valence-corrected chi connectivity index (χ3v) is 17.0. The Hall–Kier alpha value is -2.96. The van der Waals surface area contributed by atoms with Crippen molar-refractivity contribution in [1.29, 1.82) is 0 Å². The van der Waals surface area contributed by atoms with Crippen molar-refractivity contribution in [3.8, 4) is 0 Å². The predicted octanol–water partition coefficient (Wildman–Crippen LogP) is 7.28. The molecule has 1 aliphatic heterocycles. The summed E-state index contributed by atoms with van der Waals surface area (Å²) in [5.41, 5.74) is 1.10. The molecule has 57 heavy (non-hydrogen) atoms. The summed E-state index contributed by atoms with van der Waals surface area (Å²) in [6.07, 6.45) is 0.972. The molecule has 3 aromatic carbocycles. The van der Waals surface area contributed by atoms with Crippen molar-refractivity contribution in [3.63, 3.8) is 0 Å². The number of fused-ring (bicyclic) bond motifs is 6. The molecule has 5 fully saturated rings. The van der Waals surface area contributed by atoms with E-state index in [4.69, 9.17) is 17.5 Å². The van der Waals surface area contributed by atoms with Gasteiger partial charge in [-0.25, -0.2) is 8.42 Å². The summed E-state index contributed by atoms with van der Waals surface area (Å²) in [5, 5.41) is 22.7. The van der Waals surface area contributed by atoms with E-state index >= 15 is 0 Å². The monoisotopic (exact) mass is 804 g/mol. The summed E-state index contributed by atoms with van der Waals surface area (Å²) >= 11 is 0. The van der Waals surface area contributed by atoms with Crippen molar-refractivity contribution in [2.75, 3.05) is 23.7 Å². The van der Waals surface area contributed by atoms with Gasteiger partial charge in [-0.2, -0.15) is 0 Å². The maximum atomic E-state index is 13.9. The quantitative estimate of drug-likeness (QED) is 0.193. The van der Waals surface area contributed by atoms with E-state index in [1.165, 1.54) is 6.92 Å². The Morgan fingerprint density at radius 1 is 0.895 bits per heavy atom. The number of carbonyl (C=O) groups is 1. The van der Waals surface area contributed by atoms with Crippen LogP contribution in [0.15, 0.2) is 65.6 Å². The first-order chi connectivity index (χ1) is 29.4. The van der Waals surface area contributed by atoms with Crippen molar-refractivity contribution in [2.24, 2.45) is 58.2 Å². The lowest BCUT2D eigenvalue weighted by atomic mass is 9.44. The Morgan fingerprint density at radius 3 is 2.32 bits per heavy atom. The minimum atomic E-state index is -4.03. The summed E-state index contributed by atoms with van der Waals surface area (Å²) in [6, 6.07) is 17.3. The summed E-state index contributed by atoms with van der Waals surface area (Å²) in [7, 11) is -1.28. The van der Waals surface area contributed by atoms with Gasteiger partial charge in [0, 0.05) is 56.8 Å². The molecular weight excluding hydrogens is 735 g/mol. The molecule has 4 saturated carbocycles. The molecule has 1 unspecified atom stereocenters. The molecule has 0 radical (unpaired) electrons. The van der Waals surface area contributed by atoms with Crippen molar-refractivity contribution < 1.29 is 41.0 Å². The number of carbonyl (C=O) groups excluding carboxylic acids is 1. The molecule has 3 N–H and O–H groups in total. The van der Waals surface area contributed by atoms with Crippen LogP contribution in [-0.2, 0) is 24.1 Å². The van der Waals surface area contributed by atoms with Gasteiger partial charge in [-0.3, -0.25) is 9.52 Å². The topological polar surface area (TPSA) is 125 Å². The van der Waals surface area contributed by atoms with E-state index < -0.39 is 72.5 Å². The number of sulfonamides is 1. The first-order valence-corrected chi connectivity index (χ1v) is 22.4. The third kappa shape index (κ3) is 6.85. The Kier molecular flexibility index (Phi) is 8.87. The van der Waals surface area contributed by atoms with E-state index in [0.29, 0.717) is 35.8 Å². The Balaban J connectivity index is 1.07. The number of nitrogens with one attached hydrogen (secondary N) is 1. The molecule has 1 saturated heterocycles. The molecule has 5 aliphatic rings. The normalized spacial score (nSPS) is 38.9. The number of nitrogens with zero attached hydrogens (tertiary/aromatic N) is 1. The lowest BCUT2D eigenvalue weighted by Crippen LogP contribution is -2.59. The van der Waals surface area contributed by atoms with Crippen LogP contribution in [-0.4, -0.2) is 70.0 Å². The number of anilines is 2. The van der Waals surface area contributed by atoms with Crippen LogP contribution in [0.2, 0.25) is 0 Å².